The minimum absolute atomic E-state index is 0.155. The normalized spacial score (nSPS) is 10.6. The molecular weight excluding hydrogens is 558 g/mol. The van der Waals surface area contributed by atoms with Crippen molar-refractivity contribution in [3.8, 4) is 0 Å². The van der Waals surface area contributed by atoms with Gasteiger partial charge in [-0.15, -0.1) is 0 Å². The van der Waals surface area contributed by atoms with Crippen molar-refractivity contribution in [1.82, 2.24) is 29.7 Å². The van der Waals surface area contributed by atoms with Gasteiger partial charge in [0.1, 0.15) is 0 Å². The van der Waals surface area contributed by atoms with E-state index in [4.69, 9.17) is 17.7 Å². The van der Waals surface area contributed by atoms with E-state index in [-0.39, 0.29) is 19.6 Å². The lowest BCUT2D eigenvalue weighted by Crippen LogP contribution is -2.54. The zero-order valence-electron chi connectivity index (χ0n) is 24.0. The molecule has 0 aliphatic carbocycles. The summed E-state index contributed by atoms with van der Waals surface area (Å²) in [6.07, 6.45) is 5.75. The molecule has 0 unspecified atom stereocenters. The first-order valence-corrected chi connectivity index (χ1v) is 14.1. The van der Waals surface area contributed by atoms with E-state index in [2.05, 4.69) is 30.5 Å². The number of carbonyl (C=O) groups excluding carboxylic acids is 3. The summed E-state index contributed by atoms with van der Waals surface area (Å²) in [6.45, 7) is 1.61. The molecule has 0 saturated heterocycles. The highest BCUT2D eigenvalue weighted by Gasteiger charge is 2.15. The molecule has 0 spiro atoms. The Morgan fingerprint density at radius 1 is 0.452 bits per heavy atom. The highest BCUT2D eigenvalue weighted by molar-refractivity contribution is 5.67. The standard InChI is InChI=1S/C24H45N9O9/c25-40-19(34)28-13-7-1-4-10-16-31-22(37)32(17-11-5-2-8-14-29-20(35)41-26)24(39)33(23(31)38)18-12-6-3-9-15-30-21(36)42-27/h1-18,25-27H2,(H,28,34)(H,29,35)(H,30,36). The van der Waals surface area contributed by atoms with Crippen LogP contribution in [-0.2, 0) is 34.1 Å². The molecule has 0 saturated carbocycles. The van der Waals surface area contributed by atoms with Gasteiger partial charge in [-0.05, 0) is 38.5 Å². The highest BCUT2D eigenvalue weighted by Crippen LogP contribution is 2.03. The van der Waals surface area contributed by atoms with E-state index in [0.29, 0.717) is 77.4 Å². The molecule has 0 aliphatic heterocycles. The zero-order chi connectivity index (χ0) is 31.2. The summed E-state index contributed by atoms with van der Waals surface area (Å²) < 4.78 is 3.32. The maximum atomic E-state index is 13.2. The minimum Gasteiger partial charge on any atom is -0.357 e. The van der Waals surface area contributed by atoms with E-state index in [0.717, 1.165) is 33.0 Å². The van der Waals surface area contributed by atoms with Crippen LogP contribution in [0.15, 0.2) is 14.4 Å². The van der Waals surface area contributed by atoms with Crippen molar-refractivity contribution >= 4 is 18.3 Å². The highest BCUT2D eigenvalue weighted by atomic mass is 16.7. The van der Waals surface area contributed by atoms with Gasteiger partial charge in [0.25, 0.3) is 0 Å². The largest absolute Gasteiger partial charge is 0.425 e. The van der Waals surface area contributed by atoms with Gasteiger partial charge in [-0.1, -0.05) is 38.5 Å². The molecule has 0 fully saturated rings. The maximum absolute atomic E-state index is 13.2. The zero-order valence-corrected chi connectivity index (χ0v) is 24.0. The fourth-order valence-corrected chi connectivity index (χ4v) is 4.20. The predicted octanol–water partition coefficient (Wildman–Crippen LogP) is -0.347. The van der Waals surface area contributed by atoms with Crippen molar-refractivity contribution in [2.45, 2.75) is 96.7 Å². The van der Waals surface area contributed by atoms with Gasteiger partial charge in [-0.3, -0.25) is 0 Å². The van der Waals surface area contributed by atoms with Crippen LogP contribution in [0.3, 0.4) is 0 Å². The second kappa shape index (κ2) is 21.8. The summed E-state index contributed by atoms with van der Waals surface area (Å²) in [5.41, 5.74) is -1.92. The third kappa shape index (κ3) is 14.1. The molecule has 240 valence electrons. The molecule has 0 aromatic carbocycles. The number of hydrogen-bond donors (Lipinski definition) is 6. The van der Waals surface area contributed by atoms with Crippen molar-refractivity contribution < 1.29 is 28.9 Å². The van der Waals surface area contributed by atoms with Crippen LogP contribution in [-0.4, -0.2) is 51.6 Å². The van der Waals surface area contributed by atoms with Gasteiger partial charge in [0, 0.05) is 39.3 Å². The fourth-order valence-electron chi connectivity index (χ4n) is 4.20. The summed E-state index contributed by atoms with van der Waals surface area (Å²) in [6, 6.07) is 0. The van der Waals surface area contributed by atoms with E-state index in [1.807, 2.05) is 0 Å². The third-order valence-corrected chi connectivity index (χ3v) is 6.44. The van der Waals surface area contributed by atoms with Crippen molar-refractivity contribution in [2.75, 3.05) is 19.6 Å². The Balaban J connectivity index is 2.79. The number of amides is 3. The fraction of sp³-hybridized carbons (Fsp3) is 0.750. The Bertz CT molecular complexity index is 966. The number of carbonyl (C=O) groups is 3. The molecule has 42 heavy (non-hydrogen) atoms. The summed E-state index contributed by atoms with van der Waals surface area (Å²) in [5.74, 6) is 14.3. The quantitative estimate of drug-likeness (QED) is 0.0778. The first-order valence-electron chi connectivity index (χ1n) is 14.1. The first-order chi connectivity index (χ1) is 20.3. The molecule has 0 atom stereocenters. The van der Waals surface area contributed by atoms with Gasteiger partial charge in [-0.25, -0.2) is 42.5 Å². The Morgan fingerprint density at radius 3 is 0.929 bits per heavy atom. The smallest absolute Gasteiger partial charge is 0.357 e. The van der Waals surface area contributed by atoms with Crippen molar-refractivity contribution in [3.63, 3.8) is 0 Å². The maximum Gasteiger partial charge on any atom is 0.425 e. The Labute approximate surface area is 242 Å². The third-order valence-electron chi connectivity index (χ3n) is 6.44. The number of hydrogen-bond acceptors (Lipinski definition) is 12. The Kier molecular flexibility index (Phi) is 18.7. The van der Waals surface area contributed by atoms with Gasteiger partial charge in [0.2, 0.25) is 0 Å². The summed E-state index contributed by atoms with van der Waals surface area (Å²) in [4.78, 5) is 84.5. The minimum atomic E-state index is -0.717. The van der Waals surface area contributed by atoms with Crippen LogP contribution in [0, 0.1) is 0 Å². The SMILES string of the molecule is NOC(=O)NCCCCCCn1c(=O)n(CCCCCCNC(=O)ON)c(=O)n(CCCCCCNC(=O)ON)c1=O. The average Bonchev–Trinajstić information content (AvgIpc) is 2.99. The molecular formula is C24H45N9O9. The van der Waals surface area contributed by atoms with E-state index in [1.54, 1.807) is 0 Å². The van der Waals surface area contributed by atoms with Crippen LogP contribution in [0.1, 0.15) is 77.0 Å². The molecule has 0 bridgehead atoms. The van der Waals surface area contributed by atoms with Crippen LogP contribution in [0.4, 0.5) is 14.4 Å². The van der Waals surface area contributed by atoms with E-state index in [1.165, 1.54) is 0 Å². The van der Waals surface area contributed by atoms with Gasteiger partial charge < -0.3 is 30.5 Å². The number of unbranched alkanes of at least 4 members (excludes halogenated alkanes) is 9. The lowest BCUT2D eigenvalue weighted by Gasteiger charge is -2.14. The molecule has 18 nitrogen and oxygen atoms in total. The number of aromatic nitrogens is 3. The molecule has 0 radical (unpaired) electrons. The summed E-state index contributed by atoms with van der Waals surface area (Å²) in [7, 11) is 0. The summed E-state index contributed by atoms with van der Waals surface area (Å²) in [5, 5.41) is 7.43. The molecule has 1 aromatic rings. The lowest BCUT2D eigenvalue weighted by molar-refractivity contribution is 0.147. The first kappa shape index (κ1) is 36.1. The molecule has 18 heteroatoms. The average molecular weight is 604 g/mol. The van der Waals surface area contributed by atoms with Gasteiger partial charge in [-0.2, -0.15) is 17.7 Å². The van der Waals surface area contributed by atoms with Crippen molar-refractivity contribution in [2.24, 2.45) is 17.7 Å². The van der Waals surface area contributed by atoms with E-state index >= 15 is 0 Å². The van der Waals surface area contributed by atoms with Gasteiger partial charge in [0.05, 0.1) is 0 Å². The molecule has 9 N–H and O–H groups in total. The van der Waals surface area contributed by atoms with E-state index < -0.39 is 35.3 Å². The second-order valence-corrected chi connectivity index (χ2v) is 9.54. The molecule has 1 heterocycles. The van der Waals surface area contributed by atoms with Crippen molar-refractivity contribution in [3.05, 3.63) is 31.5 Å². The number of nitrogens with zero attached hydrogens (tertiary/aromatic N) is 3. The Morgan fingerprint density at radius 2 is 0.690 bits per heavy atom. The van der Waals surface area contributed by atoms with Crippen LogP contribution in [0.2, 0.25) is 0 Å². The van der Waals surface area contributed by atoms with Gasteiger partial charge >= 0.3 is 35.3 Å². The molecule has 0 aliphatic rings. The van der Waals surface area contributed by atoms with Crippen molar-refractivity contribution in [1.29, 1.82) is 0 Å². The van der Waals surface area contributed by atoms with Crippen LogP contribution in [0.25, 0.3) is 0 Å². The number of nitrogens with two attached hydrogens (primary N) is 3. The monoisotopic (exact) mass is 603 g/mol. The van der Waals surface area contributed by atoms with Crippen LogP contribution in [0.5, 0.6) is 0 Å². The summed E-state index contributed by atoms with van der Waals surface area (Å²) >= 11 is 0. The second-order valence-electron chi connectivity index (χ2n) is 9.54. The van der Waals surface area contributed by atoms with Gasteiger partial charge in [0.15, 0.2) is 0 Å². The Hall–Kier alpha value is -3.90. The number of nitrogens with one attached hydrogen (secondary N) is 3. The van der Waals surface area contributed by atoms with E-state index in [9.17, 15) is 28.8 Å². The lowest BCUT2D eigenvalue weighted by atomic mass is 10.2. The number of rotatable bonds is 21. The molecule has 3 amide bonds. The topological polar surface area (TPSA) is 259 Å². The van der Waals surface area contributed by atoms with Crippen LogP contribution >= 0.6 is 0 Å². The molecule has 1 aromatic heterocycles. The predicted molar refractivity (Wildman–Crippen MR) is 151 cm³/mol. The van der Waals surface area contributed by atoms with Crippen LogP contribution < -0.4 is 50.7 Å². The molecule has 1 rings (SSSR count).